The molecule has 23 heavy (non-hydrogen) atoms. The average molecular weight is 312 g/mol. The smallest absolute Gasteiger partial charge is 0.320 e. The van der Waals surface area contributed by atoms with Gasteiger partial charge in [-0.25, -0.2) is 9.78 Å². The monoisotopic (exact) mass is 312 g/mol. The minimum absolute atomic E-state index is 0.0662. The summed E-state index contributed by atoms with van der Waals surface area (Å²) in [5.74, 6) is 0.390. The van der Waals surface area contributed by atoms with E-state index in [-0.39, 0.29) is 11.9 Å². The number of anilines is 1. The highest BCUT2D eigenvalue weighted by Gasteiger charge is 2.10. The van der Waals surface area contributed by atoms with Crippen molar-refractivity contribution in [1.82, 2.24) is 15.2 Å². The number of nitrogens with one attached hydrogen (secondary N) is 2. The fraction of sp³-hybridized carbons (Fsp3) is 0.235. The Balaban J connectivity index is 2.27. The maximum atomic E-state index is 12.1. The van der Waals surface area contributed by atoms with E-state index >= 15 is 0 Å². The van der Waals surface area contributed by atoms with Gasteiger partial charge >= 0.3 is 6.03 Å². The van der Waals surface area contributed by atoms with Crippen LogP contribution < -0.4 is 10.6 Å². The fourth-order valence-corrected chi connectivity index (χ4v) is 2.06. The first-order valence-corrected chi connectivity index (χ1v) is 7.35. The summed E-state index contributed by atoms with van der Waals surface area (Å²) in [6, 6.07) is 12.3. The van der Waals surface area contributed by atoms with Crippen molar-refractivity contribution in [1.29, 1.82) is 0 Å². The first-order chi connectivity index (χ1) is 11.0. The zero-order valence-corrected chi connectivity index (χ0v) is 13.5. The third kappa shape index (κ3) is 4.29. The lowest BCUT2D eigenvalue weighted by Crippen LogP contribution is -2.28. The molecule has 0 fully saturated rings. The lowest BCUT2D eigenvalue weighted by atomic mass is 10.1. The molecule has 0 aliphatic rings. The van der Waals surface area contributed by atoms with E-state index in [0.29, 0.717) is 23.6 Å². The molecular formula is C17H20N4O2. The molecule has 0 bridgehead atoms. The topological polar surface area (TPSA) is 74.3 Å². The fourth-order valence-electron chi connectivity index (χ4n) is 2.06. The summed E-state index contributed by atoms with van der Waals surface area (Å²) in [5, 5.41) is 5.32. The largest absolute Gasteiger partial charge is 0.345 e. The van der Waals surface area contributed by atoms with E-state index in [1.54, 1.807) is 32.3 Å². The third-order valence-corrected chi connectivity index (χ3v) is 3.14. The van der Waals surface area contributed by atoms with Crippen LogP contribution in [0.2, 0.25) is 0 Å². The first-order valence-electron chi connectivity index (χ1n) is 7.35. The first kappa shape index (κ1) is 16.5. The normalized spacial score (nSPS) is 10.0. The Morgan fingerprint density at radius 2 is 1.87 bits per heavy atom. The summed E-state index contributed by atoms with van der Waals surface area (Å²) < 4.78 is 0. The van der Waals surface area contributed by atoms with Crippen molar-refractivity contribution < 1.29 is 9.59 Å². The van der Waals surface area contributed by atoms with Gasteiger partial charge in [0.2, 0.25) is 0 Å². The van der Waals surface area contributed by atoms with Crippen LogP contribution >= 0.6 is 0 Å². The highest BCUT2D eigenvalue weighted by molar-refractivity contribution is 5.95. The molecule has 2 rings (SSSR count). The van der Waals surface area contributed by atoms with Gasteiger partial charge in [0.05, 0.1) is 5.69 Å². The molecule has 6 heteroatoms. The predicted octanol–water partition coefficient (Wildman–Crippen LogP) is 2.59. The molecule has 0 saturated heterocycles. The Morgan fingerprint density at radius 3 is 2.57 bits per heavy atom. The van der Waals surface area contributed by atoms with Crippen LogP contribution in [0.1, 0.15) is 17.3 Å². The molecule has 0 atom stereocenters. The number of rotatable bonds is 4. The number of carbonyl (C=O) groups excluding carboxylic acids is 2. The van der Waals surface area contributed by atoms with Crippen LogP contribution in [0.3, 0.4) is 0 Å². The quantitative estimate of drug-likeness (QED) is 0.911. The van der Waals surface area contributed by atoms with Crippen molar-refractivity contribution >= 4 is 17.8 Å². The van der Waals surface area contributed by atoms with Crippen LogP contribution in [0, 0.1) is 0 Å². The second-order valence-corrected chi connectivity index (χ2v) is 5.17. The number of aromatic nitrogens is 1. The summed E-state index contributed by atoms with van der Waals surface area (Å²) in [6.07, 6.45) is 0. The molecule has 0 aliphatic heterocycles. The van der Waals surface area contributed by atoms with E-state index in [9.17, 15) is 9.59 Å². The molecule has 1 heterocycles. The van der Waals surface area contributed by atoms with E-state index in [4.69, 9.17) is 0 Å². The van der Waals surface area contributed by atoms with E-state index in [2.05, 4.69) is 15.6 Å². The van der Waals surface area contributed by atoms with Gasteiger partial charge in [0.25, 0.3) is 5.91 Å². The van der Waals surface area contributed by atoms with Crippen LogP contribution in [0.25, 0.3) is 11.3 Å². The molecule has 0 spiro atoms. The van der Waals surface area contributed by atoms with Crippen molar-refractivity contribution in [2.75, 3.05) is 26.0 Å². The molecule has 1 aromatic carbocycles. The Hall–Kier alpha value is -2.89. The van der Waals surface area contributed by atoms with Gasteiger partial charge in [-0.3, -0.25) is 10.1 Å². The van der Waals surface area contributed by atoms with Gasteiger partial charge < -0.3 is 10.2 Å². The number of benzene rings is 1. The maximum Gasteiger partial charge on any atom is 0.320 e. The molecule has 2 aromatic rings. The van der Waals surface area contributed by atoms with Crippen LogP contribution in [-0.4, -0.2) is 42.5 Å². The number of pyridine rings is 1. The zero-order valence-electron chi connectivity index (χ0n) is 13.5. The summed E-state index contributed by atoms with van der Waals surface area (Å²) in [5.41, 5.74) is 2.10. The van der Waals surface area contributed by atoms with E-state index in [1.165, 1.54) is 4.90 Å². The molecule has 0 radical (unpaired) electrons. The Kier molecular flexibility index (Phi) is 5.30. The number of nitrogens with zero attached hydrogens (tertiary/aromatic N) is 2. The van der Waals surface area contributed by atoms with E-state index in [0.717, 1.165) is 5.56 Å². The Morgan fingerprint density at radius 1 is 1.13 bits per heavy atom. The van der Waals surface area contributed by atoms with Crippen molar-refractivity contribution in [2.24, 2.45) is 0 Å². The summed E-state index contributed by atoms with van der Waals surface area (Å²) in [4.78, 5) is 29.6. The van der Waals surface area contributed by atoms with Crippen molar-refractivity contribution in [2.45, 2.75) is 6.92 Å². The number of carbonyl (C=O) groups is 2. The van der Waals surface area contributed by atoms with Crippen molar-refractivity contribution in [3.63, 3.8) is 0 Å². The van der Waals surface area contributed by atoms with Gasteiger partial charge in [0.1, 0.15) is 5.82 Å². The predicted molar refractivity (Wildman–Crippen MR) is 90.4 cm³/mol. The molecule has 1 aromatic heterocycles. The molecule has 0 unspecified atom stereocenters. The lowest BCUT2D eigenvalue weighted by Gasteiger charge is -2.11. The summed E-state index contributed by atoms with van der Waals surface area (Å²) >= 11 is 0. The molecule has 0 saturated carbocycles. The average Bonchev–Trinajstić information content (AvgIpc) is 2.54. The summed E-state index contributed by atoms with van der Waals surface area (Å²) in [7, 11) is 3.42. The van der Waals surface area contributed by atoms with Crippen LogP contribution in [0.5, 0.6) is 0 Å². The lowest BCUT2D eigenvalue weighted by molar-refractivity contribution is 0.0827. The van der Waals surface area contributed by atoms with Crippen LogP contribution in [0.4, 0.5) is 10.6 Å². The summed E-state index contributed by atoms with van der Waals surface area (Å²) in [6.45, 7) is 2.39. The number of hydrogen-bond acceptors (Lipinski definition) is 3. The van der Waals surface area contributed by atoms with Gasteiger partial charge in [0.15, 0.2) is 0 Å². The molecule has 3 amide bonds. The molecule has 0 aliphatic carbocycles. The minimum atomic E-state index is -0.298. The van der Waals surface area contributed by atoms with Crippen LogP contribution in [-0.2, 0) is 0 Å². The van der Waals surface area contributed by atoms with Gasteiger partial charge in [-0.15, -0.1) is 0 Å². The van der Waals surface area contributed by atoms with Gasteiger partial charge in [-0.05, 0) is 31.2 Å². The standard InChI is InChI=1S/C17H20N4O2/c1-4-18-17(23)20-15-10-6-9-14(19-15)12-7-5-8-13(11-12)16(22)21(2)3/h5-11H,4H2,1-3H3,(H2,18,19,20,23). The molecular weight excluding hydrogens is 292 g/mol. The van der Waals surface area contributed by atoms with Gasteiger partial charge in [-0.2, -0.15) is 0 Å². The molecule has 2 N–H and O–H groups in total. The Bertz CT molecular complexity index is 713. The minimum Gasteiger partial charge on any atom is -0.345 e. The molecule has 6 nitrogen and oxygen atoms in total. The van der Waals surface area contributed by atoms with E-state index in [1.807, 2.05) is 31.2 Å². The SMILES string of the molecule is CCNC(=O)Nc1cccc(-c2cccc(C(=O)N(C)C)c2)n1. The van der Waals surface area contributed by atoms with Gasteiger partial charge in [-0.1, -0.05) is 18.2 Å². The van der Waals surface area contributed by atoms with Crippen molar-refractivity contribution in [3.8, 4) is 11.3 Å². The number of hydrogen-bond donors (Lipinski definition) is 2. The Labute approximate surface area is 135 Å². The zero-order chi connectivity index (χ0) is 16.8. The van der Waals surface area contributed by atoms with E-state index < -0.39 is 0 Å². The highest BCUT2D eigenvalue weighted by atomic mass is 16.2. The van der Waals surface area contributed by atoms with Crippen LogP contribution in [0.15, 0.2) is 42.5 Å². The second kappa shape index (κ2) is 7.40. The molecule has 120 valence electrons. The number of urea groups is 1. The third-order valence-electron chi connectivity index (χ3n) is 3.14. The number of amides is 3. The van der Waals surface area contributed by atoms with Gasteiger partial charge in [0, 0.05) is 31.8 Å². The highest BCUT2D eigenvalue weighted by Crippen LogP contribution is 2.20. The van der Waals surface area contributed by atoms with Crippen molar-refractivity contribution in [3.05, 3.63) is 48.0 Å². The maximum absolute atomic E-state index is 12.1. The second-order valence-electron chi connectivity index (χ2n) is 5.17.